The molecule has 10 nitrogen and oxygen atoms in total. The van der Waals surface area contributed by atoms with Gasteiger partial charge < -0.3 is 20.0 Å². The minimum atomic E-state index is -1.05. The summed E-state index contributed by atoms with van der Waals surface area (Å²) in [4.78, 5) is 38.2. The van der Waals surface area contributed by atoms with Crippen LogP contribution in [-0.2, 0) is 16.0 Å². The Hall–Kier alpha value is -3.58. The molecule has 1 aromatic heterocycles. The zero-order chi connectivity index (χ0) is 28.9. The summed E-state index contributed by atoms with van der Waals surface area (Å²) in [5.41, 5.74) is -3.34. The first-order valence-electron chi connectivity index (χ1n) is 12.1. The summed E-state index contributed by atoms with van der Waals surface area (Å²) in [5, 5.41) is 31.1. The Labute approximate surface area is 227 Å². The Morgan fingerprint density at radius 2 is 1.97 bits per heavy atom. The van der Waals surface area contributed by atoms with E-state index in [1.54, 1.807) is 26.3 Å². The molecule has 3 aliphatic rings. The van der Waals surface area contributed by atoms with E-state index in [-0.39, 0.29) is 45.2 Å². The largest absolute Gasteiger partial charge is 0.502 e. The highest BCUT2D eigenvalue weighted by Crippen LogP contribution is 2.71. The zero-order valence-corrected chi connectivity index (χ0v) is 22.6. The van der Waals surface area contributed by atoms with Crippen molar-refractivity contribution in [2.75, 3.05) is 26.3 Å². The molecule has 2 aliphatic carbocycles. The standard InChI is InChI=1S/C24H23F2N5O4S.C2H6O/c1-11-15-5-6-24(23(11,15)10-32)29-22(35)18-20(34)19(33)14(9-31(18)30(24)2)21(28)36-17(27)7-12-3-4-13(25)8-16(12)26;1-3-2/h3-4,8-11,15,27-28,34H,5-7H2,1-2H3,(H,29,35);1-2H3. The van der Waals surface area contributed by atoms with Crippen LogP contribution in [0.5, 0.6) is 5.75 Å². The van der Waals surface area contributed by atoms with Gasteiger partial charge in [-0.3, -0.25) is 30.1 Å². The van der Waals surface area contributed by atoms with Gasteiger partial charge in [0.2, 0.25) is 5.43 Å². The van der Waals surface area contributed by atoms with Gasteiger partial charge in [-0.25, -0.2) is 8.78 Å². The van der Waals surface area contributed by atoms with Gasteiger partial charge in [0.25, 0.3) is 5.91 Å². The Morgan fingerprint density at radius 1 is 1.31 bits per heavy atom. The predicted octanol–water partition coefficient (Wildman–Crippen LogP) is 2.63. The molecule has 2 saturated carbocycles. The number of rotatable bonds is 4. The molecule has 4 N–H and O–H groups in total. The third-order valence-corrected chi connectivity index (χ3v) is 8.82. The first kappa shape index (κ1) is 28.4. The summed E-state index contributed by atoms with van der Waals surface area (Å²) in [6.45, 7) is 1.95. The fraction of sp³-hybridized carbons (Fsp3) is 0.423. The average Bonchev–Trinajstić information content (AvgIpc) is 3.32. The molecule has 39 heavy (non-hydrogen) atoms. The molecule has 1 spiro atoms. The lowest BCUT2D eigenvalue weighted by molar-refractivity contribution is -0.115. The Morgan fingerprint density at radius 3 is 2.56 bits per heavy atom. The molecular weight excluding hydrogens is 532 g/mol. The Kier molecular flexibility index (Phi) is 7.43. The number of benzene rings is 1. The highest BCUT2D eigenvalue weighted by molar-refractivity contribution is 8.26. The molecule has 208 valence electrons. The maximum atomic E-state index is 14.0. The smallest absolute Gasteiger partial charge is 0.275 e. The topological polar surface area (TPSA) is 149 Å². The number of aromatic hydroxyl groups is 1. The van der Waals surface area contributed by atoms with Crippen LogP contribution in [0, 0.1) is 39.7 Å². The van der Waals surface area contributed by atoms with E-state index >= 15 is 0 Å². The number of pyridine rings is 1. The normalized spacial score (nSPS) is 26.2. The molecule has 0 bridgehead atoms. The predicted molar refractivity (Wildman–Crippen MR) is 142 cm³/mol. The van der Waals surface area contributed by atoms with Crippen LogP contribution in [0.1, 0.15) is 41.4 Å². The zero-order valence-electron chi connectivity index (χ0n) is 21.8. The molecule has 13 heteroatoms. The molecule has 0 radical (unpaired) electrons. The van der Waals surface area contributed by atoms with Crippen LogP contribution in [0.25, 0.3) is 0 Å². The summed E-state index contributed by atoms with van der Waals surface area (Å²) >= 11 is 0.579. The number of hydrogen-bond donors (Lipinski definition) is 4. The van der Waals surface area contributed by atoms with Crippen LogP contribution >= 0.6 is 11.8 Å². The van der Waals surface area contributed by atoms with Crippen molar-refractivity contribution >= 4 is 34.0 Å². The summed E-state index contributed by atoms with van der Waals surface area (Å²) in [7, 11) is 4.89. The van der Waals surface area contributed by atoms with Crippen LogP contribution < -0.4 is 15.8 Å². The minimum absolute atomic E-state index is 0.0432. The SMILES string of the molecule is CC1C2CCC3(NC(=O)c4c(O)c(=O)c(C(=N)SC(=N)Cc5ccc(F)cc5F)cn4N3C)C12C=O.COC. The lowest BCUT2D eigenvalue weighted by atomic mass is 9.86. The Balaban J connectivity index is 0.00000112. The molecule has 0 saturated heterocycles. The second-order valence-electron chi connectivity index (χ2n) is 9.91. The Bertz CT molecular complexity index is 1450. The maximum Gasteiger partial charge on any atom is 0.275 e. The quantitative estimate of drug-likeness (QED) is 0.255. The molecule has 5 rings (SSSR count). The summed E-state index contributed by atoms with van der Waals surface area (Å²) in [6, 6.07) is 2.96. The maximum absolute atomic E-state index is 14.0. The molecule has 2 aromatic rings. The minimum Gasteiger partial charge on any atom is -0.502 e. The highest BCUT2D eigenvalue weighted by atomic mass is 32.2. The van der Waals surface area contributed by atoms with E-state index in [1.165, 1.54) is 16.9 Å². The molecule has 1 amide bonds. The third kappa shape index (κ3) is 4.24. The number of hydrogen-bond acceptors (Lipinski definition) is 9. The van der Waals surface area contributed by atoms with Crippen molar-refractivity contribution in [3.8, 4) is 5.75 Å². The van der Waals surface area contributed by atoms with Crippen molar-refractivity contribution in [1.29, 1.82) is 10.8 Å². The lowest BCUT2D eigenvalue weighted by Gasteiger charge is -2.50. The second kappa shape index (κ2) is 10.2. The van der Waals surface area contributed by atoms with E-state index in [0.717, 1.165) is 18.8 Å². The van der Waals surface area contributed by atoms with Crippen LogP contribution in [-0.4, -0.2) is 59.0 Å². The van der Waals surface area contributed by atoms with E-state index in [0.29, 0.717) is 24.2 Å². The molecule has 2 heterocycles. The van der Waals surface area contributed by atoms with E-state index < -0.39 is 39.8 Å². The van der Waals surface area contributed by atoms with Crippen LogP contribution in [0.15, 0.2) is 29.2 Å². The van der Waals surface area contributed by atoms with Gasteiger partial charge in [-0.15, -0.1) is 0 Å². The van der Waals surface area contributed by atoms with Gasteiger partial charge in [-0.1, -0.05) is 24.8 Å². The van der Waals surface area contributed by atoms with Crippen molar-refractivity contribution in [3.63, 3.8) is 0 Å². The van der Waals surface area contributed by atoms with Crippen LogP contribution in [0.2, 0.25) is 0 Å². The monoisotopic (exact) mass is 561 g/mol. The second-order valence-corrected chi connectivity index (χ2v) is 11.0. The molecular formula is C26H29F2N5O5S. The number of halogens is 2. The van der Waals surface area contributed by atoms with Crippen molar-refractivity contribution in [1.82, 2.24) is 9.99 Å². The number of ether oxygens (including phenoxy) is 1. The van der Waals surface area contributed by atoms with E-state index in [4.69, 9.17) is 10.8 Å². The fourth-order valence-corrected chi connectivity index (χ4v) is 6.83. The molecule has 4 unspecified atom stereocenters. The van der Waals surface area contributed by atoms with Crippen LogP contribution in [0.4, 0.5) is 8.78 Å². The first-order valence-corrected chi connectivity index (χ1v) is 12.9. The van der Waals surface area contributed by atoms with Gasteiger partial charge in [-0.05, 0) is 36.3 Å². The molecule has 4 atom stereocenters. The summed E-state index contributed by atoms with van der Waals surface area (Å²) in [6.07, 6.45) is 3.11. The van der Waals surface area contributed by atoms with Gasteiger partial charge in [0.15, 0.2) is 11.4 Å². The number of carbonyl (C=O) groups excluding carboxylic acids is 2. The first-order chi connectivity index (χ1) is 18.4. The fourth-order valence-electron chi connectivity index (χ4n) is 6.10. The number of thioether (sulfide) groups is 1. The van der Waals surface area contributed by atoms with Gasteiger partial charge >= 0.3 is 0 Å². The number of fused-ring (bicyclic) bond motifs is 3. The number of aldehydes is 1. The number of aromatic nitrogens is 1. The van der Waals surface area contributed by atoms with Gasteiger partial charge in [0.05, 0.1) is 16.0 Å². The number of nitrogens with one attached hydrogen (secondary N) is 3. The molecule has 1 aromatic carbocycles. The molecule has 2 fully saturated rings. The number of amides is 1. The van der Waals surface area contributed by atoms with E-state index in [1.807, 2.05) is 6.92 Å². The summed E-state index contributed by atoms with van der Waals surface area (Å²) < 4.78 is 32.7. The number of carbonyl (C=O) groups is 2. The number of nitrogens with zero attached hydrogens (tertiary/aromatic N) is 2. The van der Waals surface area contributed by atoms with Crippen molar-refractivity contribution in [3.05, 3.63) is 63.1 Å². The van der Waals surface area contributed by atoms with E-state index in [2.05, 4.69) is 10.1 Å². The van der Waals surface area contributed by atoms with Gasteiger partial charge in [0, 0.05) is 40.0 Å². The molecule has 1 aliphatic heterocycles. The van der Waals surface area contributed by atoms with Crippen LogP contribution in [0.3, 0.4) is 0 Å². The average molecular weight is 562 g/mol. The lowest BCUT2D eigenvalue weighted by Crippen LogP contribution is -2.71. The van der Waals surface area contributed by atoms with Gasteiger partial charge in [0.1, 0.15) is 28.6 Å². The summed E-state index contributed by atoms with van der Waals surface area (Å²) in [5.74, 6) is -2.99. The van der Waals surface area contributed by atoms with Crippen molar-refractivity contribution in [2.24, 2.45) is 17.3 Å². The van der Waals surface area contributed by atoms with Crippen molar-refractivity contribution in [2.45, 2.75) is 31.8 Å². The van der Waals surface area contributed by atoms with E-state index in [9.17, 15) is 28.3 Å². The highest BCUT2D eigenvalue weighted by Gasteiger charge is 2.79. The third-order valence-electron chi connectivity index (χ3n) is 8.00. The van der Waals surface area contributed by atoms with Gasteiger partial charge in [-0.2, -0.15) is 0 Å². The number of methoxy groups -OCH3 is 1. The van der Waals surface area contributed by atoms with Crippen molar-refractivity contribution < 1.29 is 28.2 Å².